The molecule has 0 aromatic heterocycles. The molecule has 2 N–H and O–H groups in total. The fourth-order valence-electron chi connectivity index (χ4n) is 1.05. The fraction of sp³-hybridized carbons (Fsp3) is 0.273. The van der Waals surface area contributed by atoms with Crippen molar-refractivity contribution in [3.8, 4) is 0 Å². The Labute approximate surface area is 112 Å². The summed E-state index contributed by atoms with van der Waals surface area (Å²) in [4.78, 5) is 22.9. The molecule has 0 fully saturated rings. The Morgan fingerprint density at radius 2 is 2.24 bits per heavy atom. The van der Waals surface area contributed by atoms with Gasteiger partial charge in [0, 0.05) is 9.37 Å². The molecule has 0 aliphatic rings. The summed E-state index contributed by atoms with van der Waals surface area (Å²) in [6.07, 6.45) is 0. The highest BCUT2D eigenvalue weighted by Gasteiger charge is 2.13. The van der Waals surface area contributed by atoms with E-state index in [4.69, 9.17) is 5.11 Å². The molecule has 1 aromatic carbocycles. The monoisotopic (exact) mass is 317 g/mol. The van der Waals surface area contributed by atoms with Gasteiger partial charge in [-0.15, -0.1) is 11.8 Å². The largest absolute Gasteiger partial charge is 0.480 e. The van der Waals surface area contributed by atoms with E-state index in [9.17, 15) is 9.59 Å². The number of rotatable bonds is 5. The number of thioether (sulfide) groups is 1. The minimum Gasteiger partial charge on any atom is -0.480 e. The Morgan fingerprint density at radius 3 is 2.82 bits per heavy atom. The lowest BCUT2D eigenvalue weighted by atomic mass is 10.3. The molecule has 0 saturated carbocycles. The summed E-state index contributed by atoms with van der Waals surface area (Å²) in [6.45, 7) is 1.43. The van der Waals surface area contributed by atoms with E-state index in [0.29, 0.717) is 0 Å². The second-order valence-electron chi connectivity index (χ2n) is 3.37. The van der Waals surface area contributed by atoms with Crippen molar-refractivity contribution in [1.29, 1.82) is 0 Å². The van der Waals surface area contributed by atoms with E-state index in [1.807, 2.05) is 24.3 Å². The van der Waals surface area contributed by atoms with Gasteiger partial charge in [-0.3, -0.25) is 9.59 Å². The Morgan fingerprint density at radius 1 is 1.53 bits per heavy atom. The van der Waals surface area contributed by atoms with E-state index in [1.165, 1.54) is 18.7 Å². The van der Waals surface area contributed by atoms with Crippen molar-refractivity contribution in [2.45, 2.75) is 17.9 Å². The first-order valence-corrected chi connectivity index (χ1v) is 6.67. The molecule has 0 spiro atoms. The summed E-state index contributed by atoms with van der Waals surface area (Å²) < 4.78 is 0.946. The topological polar surface area (TPSA) is 66.4 Å². The number of amides is 1. The Hall–Kier alpha value is -1.01. The van der Waals surface area contributed by atoms with Crippen LogP contribution in [0.4, 0.5) is 0 Å². The van der Waals surface area contributed by atoms with Crippen LogP contribution >= 0.6 is 27.7 Å². The number of nitrogens with one attached hydrogen (secondary N) is 1. The minimum absolute atomic E-state index is 0.202. The van der Waals surface area contributed by atoms with Crippen LogP contribution < -0.4 is 5.32 Å². The normalized spacial score (nSPS) is 11.9. The van der Waals surface area contributed by atoms with Crippen LogP contribution in [0.1, 0.15) is 6.92 Å². The number of hydrogen-bond donors (Lipinski definition) is 2. The Bertz CT molecular complexity index is 425. The number of carboxylic acids is 1. The van der Waals surface area contributed by atoms with Crippen LogP contribution in [0.15, 0.2) is 33.6 Å². The molecule has 0 saturated heterocycles. The molecule has 0 aliphatic heterocycles. The molecule has 1 rings (SSSR count). The van der Waals surface area contributed by atoms with Crippen molar-refractivity contribution < 1.29 is 14.7 Å². The van der Waals surface area contributed by atoms with Gasteiger partial charge >= 0.3 is 5.97 Å². The van der Waals surface area contributed by atoms with Crippen molar-refractivity contribution in [2.75, 3.05) is 5.75 Å². The maximum absolute atomic E-state index is 11.4. The lowest BCUT2D eigenvalue weighted by molar-refractivity contribution is -0.140. The van der Waals surface area contributed by atoms with Crippen molar-refractivity contribution in [3.05, 3.63) is 28.7 Å². The summed E-state index contributed by atoms with van der Waals surface area (Å²) in [7, 11) is 0. The molecule has 4 nitrogen and oxygen atoms in total. The zero-order valence-electron chi connectivity index (χ0n) is 9.14. The Balaban J connectivity index is 2.41. The molecular formula is C11H12BrNO3S. The fourth-order valence-corrected chi connectivity index (χ4v) is 2.37. The minimum atomic E-state index is -1.04. The van der Waals surface area contributed by atoms with E-state index in [1.54, 1.807) is 0 Å². The molecule has 0 aliphatic carbocycles. The highest BCUT2D eigenvalue weighted by atomic mass is 79.9. The molecule has 92 valence electrons. The van der Waals surface area contributed by atoms with Crippen molar-refractivity contribution in [2.24, 2.45) is 0 Å². The third kappa shape index (κ3) is 5.23. The number of carboxylic acid groups (broad SMARTS) is 1. The average molecular weight is 318 g/mol. The van der Waals surface area contributed by atoms with Gasteiger partial charge in [-0.05, 0) is 25.1 Å². The first-order chi connectivity index (χ1) is 7.99. The van der Waals surface area contributed by atoms with Gasteiger partial charge in [-0.25, -0.2) is 0 Å². The molecule has 1 atom stereocenters. The SMILES string of the molecule is C[C@H](NC(=O)CSc1cccc(Br)c1)C(=O)O. The molecule has 0 heterocycles. The highest BCUT2D eigenvalue weighted by Crippen LogP contribution is 2.21. The van der Waals surface area contributed by atoms with Crippen molar-refractivity contribution in [3.63, 3.8) is 0 Å². The maximum atomic E-state index is 11.4. The van der Waals surface area contributed by atoms with Gasteiger partial charge in [-0.2, -0.15) is 0 Å². The van der Waals surface area contributed by atoms with Gasteiger partial charge in [0.15, 0.2) is 0 Å². The second kappa shape index (κ2) is 6.66. The van der Waals surface area contributed by atoms with Gasteiger partial charge in [0.2, 0.25) is 5.91 Å². The highest BCUT2D eigenvalue weighted by molar-refractivity contribution is 9.10. The number of benzene rings is 1. The molecule has 17 heavy (non-hydrogen) atoms. The predicted molar refractivity (Wildman–Crippen MR) is 70.1 cm³/mol. The van der Waals surface area contributed by atoms with Gasteiger partial charge in [-0.1, -0.05) is 22.0 Å². The van der Waals surface area contributed by atoms with Crippen LogP contribution in [0.2, 0.25) is 0 Å². The third-order valence-corrected chi connectivity index (χ3v) is 3.40. The molecule has 1 aromatic rings. The van der Waals surface area contributed by atoms with Crippen LogP contribution in [0, 0.1) is 0 Å². The number of hydrogen-bond acceptors (Lipinski definition) is 3. The van der Waals surface area contributed by atoms with E-state index in [-0.39, 0.29) is 11.7 Å². The lowest BCUT2D eigenvalue weighted by Crippen LogP contribution is -2.39. The number of aliphatic carboxylic acids is 1. The summed E-state index contributed by atoms with van der Waals surface area (Å²) in [6, 6.07) is 6.72. The van der Waals surface area contributed by atoms with Gasteiger partial charge in [0.25, 0.3) is 0 Å². The van der Waals surface area contributed by atoms with E-state index < -0.39 is 12.0 Å². The van der Waals surface area contributed by atoms with Crippen LogP contribution in [0.5, 0.6) is 0 Å². The molecule has 0 bridgehead atoms. The standard InChI is InChI=1S/C11H12BrNO3S/c1-7(11(15)16)13-10(14)6-17-9-4-2-3-8(12)5-9/h2-5,7H,6H2,1H3,(H,13,14)(H,15,16)/t7-/m0/s1. The van der Waals surface area contributed by atoms with E-state index >= 15 is 0 Å². The first kappa shape index (κ1) is 14.1. The molecule has 1 amide bonds. The van der Waals surface area contributed by atoms with Crippen LogP contribution in [-0.4, -0.2) is 28.8 Å². The van der Waals surface area contributed by atoms with Crippen LogP contribution in [0.3, 0.4) is 0 Å². The second-order valence-corrected chi connectivity index (χ2v) is 5.34. The van der Waals surface area contributed by atoms with Crippen molar-refractivity contribution in [1.82, 2.24) is 5.32 Å². The van der Waals surface area contributed by atoms with Gasteiger partial charge in [0.1, 0.15) is 6.04 Å². The molecule has 0 radical (unpaired) electrons. The predicted octanol–water partition coefficient (Wildman–Crippen LogP) is 2.13. The first-order valence-electron chi connectivity index (χ1n) is 4.89. The lowest BCUT2D eigenvalue weighted by Gasteiger charge is -2.08. The van der Waals surface area contributed by atoms with E-state index in [2.05, 4.69) is 21.2 Å². The zero-order valence-corrected chi connectivity index (χ0v) is 11.5. The molecular weight excluding hydrogens is 306 g/mol. The summed E-state index contributed by atoms with van der Waals surface area (Å²) in [5, 5.41) is 11.0. The Kier molecular flexibility index (Phi) is 5.50. The van der Waals surface area contributed by atoms with Gasteiger partial charge < -0.3 is 10.4 Å². The maximum Gasteiger partial charge on any atom is 0.325 e. The van der Waals surface area contributed by atoms with Crippen molar-refractivity contribution >= 4 is 39.6 Å². The smallest absolute Gasteiger partial charge is 0.325 e. The quantitative estimate of drug-likeness (QED) is 0.816. The van der Waals surface area contributed by atoms with Crippen LogP contribution in [-0.2, 0) is 9.59 Å². The molecule has 0 unspecified atom stereocenters. The summed E-state index contributed by atoms with van der Waals surface area (Å²) in [5.74, 6) is -1.12. The third-order valence-electron chi connectivity index (χ3n) is 1.91. The summed E-state index contributed by atoms with van der Waals surface area (Å²) >= 11 is 4.70. The van der Waals surface area contributed by atoms with E-state index in [0.717, 1.165) is 9.37 Å². The number of carbonyl (C=O) groups is 2. The number of halogens is 1. The van der Waals surface area contributed by atoms with Crippen LogP contribution in [0.25, 0.3) is 0 Å². The van der Waals surface area contributed by atoms with Gasteiger partial charge in [0.05, 0.1) is 5.75 Å². The average Bonchev–Trinajstić information content (AvgIpc) is 2.26. The number of carbonyl (C=O) groups excluding carboxylic acids is 1. The summed E-state index contributed by atoms with van der Waals surface area (Å²) in [5.41, 5.74) is 0. The zero-order chi connectivity index (χ0) is 12.8. The molecule has 6 heteroatoms.